The van der Waals surface area contributed by atoms with Crippen LogP contribution in [0.5, 0.6) is 0 Å². The molecule has 0 heterocycles. The zero-order chi connectivity index (χ0) is 13.0. The van der Waals surface area contributed by atoms with Crippen LogP contribution >= 0.6 is 15.9 Å². The molecule has 0 saturated heterocycles. The summed E-state index contributed by atoms with van der Waals surface area (Å²) >= 11 is 3.44. The van der Waals surface area contributed by atoms with Crippen molar-refractivity contribution in [2.24, 2.45) is 10.7 Å². The van der Waals surface area contributed by atoms with E-state index in [1.54, 1.807) is 7.11 Å². The molecule has 1 aromatic carbocycles. The summed E-state index contributed by atoms with van der Waals surface area (Å²) in [5, 5.41) is 3.24. The largest absolute Gasteiger partial charge is 0.383 e. The van der Waals surface area contributed by atoms with Gasteiger partial charge in [0.1, 0.15) is 0 Å². The van der Waals surface area contributed by atoms with E-state index >= 15 is 0 Å². The fourth-order valence-electron chi connectivity index (χ4n) is 1.93. The predicted molar refractivity (Wildman–Crippen MR) is 76.8 cm³/mol. The summed E-state index contributed by atoms with van der Waals surface area (Å²) in [5.41, 5.74) is 7.14. The van der Waals surface area contributed by atoms with Crippen molar-refractivity contribution in [3.8, 4) is 0 Å². The van der Waals surface area contributed by atoms with Crippen molar-refractivity contribution in [2.45, 2.75) is 18.4 Å². The molecule has 0 aliphatic heterocycles. The highest BCUT2D eigenvalue weighted by Gasteiger charge is 2.38. The topological polar surface area (TPSA) is 59.6 Å². The maximum Gasteiger partial charge on any atom is 0.188 e. The maximum absolute atomic E-state index is 5.80. The van der Waals surface area contributed by atoms with E-state index in [-0.39, 0.29) is 0 Å². The van der Waals surface area contributed by atoms with E-state index in [2.05, 4.69) is 50.5 Å². The minimum absolute atomic E-state index is 0.414. The zero-order valence-corrected chi connectivity index (χ0v) is 12.0. The molecule has 5 heteroatoms. The second-order valence-electron chi connectivity index (χ2n) is 4.40. The van der Waals surface area contributed by atoms with E-state index in [4.69, 9.17) is 10.5 Å². The highest BCUT2D eigenvalue weighted by molar-refractivity contribution is 9.10. The summed E-state index contributed by atoms with van der Waals surface area (Å²) in [7, 11) is 1.66. The van der Waals surface area contributed by atoms with Crippen molar-refractivity contribution in [1.82, 2.24) is 5.32 Å². The zero-order valence-electron chi connectivity index (χ0n) is 10.4. The number of hydrogen-bond acceptors (Lipinski definition) is 2. The molecule has 3 N–H and O–H groups in total. The van der Waals surface area contributed by atoms with Crippen molar-refractivity contribution in [3.63, 3.8) is 0 Å². The number of benzene rings is 1. The van der Waals surface area contributed by atoms with Crippen molar-refractivity contribution in [3.05, 3.63) is 34.3 Å². The first-order chi connectivity index (χ1) is 8.70. The molecule has 2 rings (SSSR count). The number of nitrogens with one attached hydrogen (secondary N) is 1. The lowest BCUT2D eigenvalue weighted by molar-refractivity contribution is 0.208. The van der Waals surface area contributed by atoms with Gasteiger partial charge in [0.15, 0.2) is 5.96 Å². The number of nitrogens with two attached hydrogens (primary N) is 1. The van der Waals surface area contributed by atoms with E-state index in [1.165, 1.54) is 5.56 Å². The molecule has 0 spiro atoms. The fourth-order valence-corrected chi connectivity index (χ4v) is 2.19. The van der Waals surface area contributed by atoms with Gasteiger partial charge in [-0.1, -0.05) is 28.1 Å². The molecule has 1 saturated carbocycles. The predicted octanol–water partition coefficient (Wildman–Crippen LogP) is 1.86. The number of hydrogen-bond donors (Lipinski definition) is 2. The Hall–Kier alpha value is -1.07. The molecular weight excluding hydrogens is 294 g/mol. The Morgan fingerprint density at radius 3 is 2.89 bits per heavy atom. The first-order valence-corrected chi connectivity index (χ1v) is 6.81. The standard InChI is InChI=1S/C13H18BrN3O/c1-18-7-6-16-13(15)17-12-8-11(12)9-2-4-10(14)5-3-9/h2-5,11-12H,6-8H2,1H3,(H3,15,16,17)/t11-,12+/m0/s1. The Kier molecular flexibility index (Phi) is 4.60. The number of halogens is 1. The van der Waals surface area contributed by atoms with Crippen molar-refractivity contribution < 1.29 is 4.74 Å². The summed E-state index contributed by atoms with van der Waals surface area (Å²) in [6.07, 6.45) is 1.11. The maximum atomic E-state index is 5.80. The molecule has 2 atom stereocenters. The molecule has 4 nitrogen and oxygen atoms in total. The average Bonchev–Trinajstić information content (AvgIpc) is 3.09. The van der Waals surface area contributed by atoms with Gasteiger partial charge in [-0.05, 0) is 24.1 Å². The van der Waals surface area contributed by atoms with E-state index in [1.807, 2.05) is 0 Å². The number of rotatable bonds is 5. The number of ether oxygens (including phenoxy) is 1. The summed E-state index contributed by atoms with van der Waals surface area (Å²) in [5.74, 6) is 1.06. The minimum Gasteiger partial charge on any atom is -0.383 e. The van der Waals surface area contributed by atoms with Gasteiger partial charge >= 0.3 is 0 Å². The number of nitrogens with zero attached hydrogens (tertiary/aromatic N) is 1. The fraction of sp³-hybridized carbons (Fsp3) is 0.462. The highest BCUT2D eigenvalue weighted by Crippen LogP contribution is 2.40. The van der Waals surface area contributed by atoms with Gasteiger partial charge in [0.25, 0.3) is 0 Å². The Bertz CT molecular complexity index is 419. The van der Waals surface area contributed by atoms with Crippen LogP contribution in [0.3, 0.4) is 0 Å². The Balaban J connectivity index is 1.81. The van der Waals surface area contributed by atoms with Gasteiger partial charge in [0.05, 0.1) is 13.2 Å². The van der Waals surface area contributed by atoms with Crippen LogP contribution in [-0.4, -0.2) is 32.3 Å². The molecular formula is C13H18BrN3O. The molecule has 18 heavy (non-hydrogen) atoms. The van der Waals surface area contributed by atoms with Gasteiger partial charge in [-0.15, -0.1) is 0 Å². The van der Waals surface area contributed by atoms with Gasteiger partial charge in [-0.2, -0.15) is 0 Å². The normalized spacial score (nSPS) is 22.9. The van der Waals surface area contributed by atoms with Gasteiger partial charge in [0, 0.05) is 23.5 Å². The summed E-state index contributed by atoms with van der Waals surface area (Å²) in [4.78, 5) is 4.19. The third-order valence-corrected chi connectivity index (χ3v) is 3.53. The number of guanidine groups is 1. The molecule has 0 unspecified atom stereocenters. The lowest BCUT2D eigenvalue weighted by Gasteiger charge is -2.05. The van der Waals surface area contributed by atoms with Crippen LogP contribution in [0.15, 0.2) is 33.7 Å². The minimum atomic E-state index is 0.414. The van der Waals surface area contributed by atoms with E-state index in [0.717, 1.165) is 10.9 Å². The second kappa shape index (κ2) is 6.20. The summed E-state index contributed by atoms with van der Waals surface area (Å²) in [6.45, 7) is 1.20. The quantitative estimate of drug-likeness (QED) is 0.496. The Labute approximate surface area is 116 Å². The molecule has 1 aliphatic rings. The van der Waals surface area contributed by atoms with Gasteiger partial charge in [0.2, 0.25) is 0 Å². The van der Waals surface area contributed by atoms with Crippen LogP contribution in [0.4, 0.5) is 0 Å². The van der Waals surface area contributed by atoms with Crippen LogP contribution in [0.1, 0.15) is 17.9 Å². The second-order valence-corrected chi connectivity index (χ2v) is 5.32. The van der Waals surface area contributed by atoms with Gasteiger partial charge < -0.3 is 15.8 Å². The third-order valence-electron chi connectivity index (χ3n) is 3.00. The lowest BCUT2D eigenvalue weighted by atomic mass is 10.1. The molecule has 1 fully saturated rings. The van der Waals surface area contributed by atoms with E-state index in [9.17, 15) is 0 Å². The SMILES string of the molecule is COCCN=C(N)N[C@@H]1C[C@H]1c1ccc(Br)cc1. The molecule has 0 radical (unpaired) electrons. The Morgan fingerprint density at radius 2 is 2.22 bits per heavy atom. The van der Waals surface area contributed by atoms with Crippen LogP contribution in [0.25, 0.3) is 0 Å². The molecule has 0 aromatic heterocycles. The molecule has 1 aromatic rings. The van der Waals surface area contributed by atoms with Crippen LogP contribution in [0.2, 0.25) is 0 Å². The highest BCUT2D eigenvalue weighted by atomic mass is 79.9. The number of methoxy groups -OCH3 is 1. The van der Waals surface area contributed by atoms with Crippen molar-refractivity contribution in [1.29, 1.82) is 0 Å². The first kappa shape index (κ1) is 13.4. The lowest BCUT2D eigenvalue weighted by Crippen LogP contribution is -2.34. The molecule has 1 aliphatic carbocycles. The molecule has 0 amide bonds. The van der Waals surface area contributed by atoms with Crippen molar-refractivity contribution in [2.75, 3.05) is 20.3 Å². The third kappa shape index (κ3) is 3.71. The monoisotopic (exact) mass is 311 g/mol. The van der Waals surface area contributed by atoms with Gasteiger partial charge in [-0.3, -0.25) is 4.99 Å². The average molecular weight is 312 g/mol. The van der Waals surface area contributed by atoms with Crippen LogP contribution in [0, 0.1) is 0 Å². The first-order valence-electron chi connectivity index (χ1n) is 6.01. The van der Waals surface area contributed by atoms with Crippen molar-refractivity contribution >= 4 is 21.9 Å². The Morgan fingerprint density at radius 1 is 1.50 bits per heavy atom. The summed E-state index contributed by atoms with van der Waals surface area (Å²) < 4.78 is 6.03. The van der Waals surface area contributed by atoms with Gasteiger partial charge in [-0.25, -0.2) is 0 Å². The van der Waals surface area contributed by atoms with Crippen LogP contribution in [-0.2, 0) is 4.74 Å². The van der Waals surface area contributed by atoms with Crippen LogP contribution < -0.4 is 11.1 Å². The summed E-state index contributed by atoms with van der Waals surface area (Å²) in [6, 6.07) is 8.85. The smallest absolute Gasteiger partial charge is 0.188 e. The van der Waals surface area contributed by atoms with E-state index < -0.39 is 0 Å². The number of aliphatic imine (C=N–C) groups is 1. The molecule has 98 valence electrons. The van der Waals surface area contributed by atoms with E-state index in [0.29, 0.717) is 31.1 Å². The molecule has 0 bridgehead atoms.